The molecule has 1 amide bonds. The number of hydrogen-bond donors (Lipinski definition) is 1. The van der Waals surface area contributed by atoms with Gasteiger partial charge in [-0.15, -0.1) is 11.3 Å². The quantitative estimate of drug-likeness (QED) is 0.492. The third-order valence-electron chi connectivity index (χ3n) is 4.12. The van der Waals surface area contributed by atoms with Gasteiger partial charge in [-0.05, 0) is 35.7 Å². The third-order valence-corrected chi connectivity index (χ3v) is 5.73. The second-order valence-electron chi connectivity index (χ2n) is 6.01. The maximum Gasteiger partial charge on any atom is 0.275 e. The average molecular weight is 430 g/mol. The minimum Gasteiger partial charge on any atom is -0.324 e. The molecular weight excluding hydrogens is 417 g/mol. The number of amides is 1. The van der Waals surface area contributed by atoms with E-state index in [0.29, 0.717) is 26.8 Å². The molecule has 2 aromatic heterocycles. The van der Waals surface area contributed by atoms with Crippen molar-refractivity contribution in [1.29, 1.82) is 0 Å². The normalized spacial score (nSPS) is 10.9. The number of hydrogen-bond acceptors (Lipinski definition) is 4. The van der Waals surface area contributed by atoms with E-state index in [4.69, 9.17) is 23.2 Å². The molecule has 140 valence electrons. The molecule has 4 rings (SSSR count). The summed E-state index contributed by atoms with van der Waals surface area (Å²) in [6.45, 7) is -0.220. The van der Waals surface area contributed by atoms with Gasteiger partial charge in [-0.3, -0.25) is 9.59 Å². The lowest BCUT2D eigenvalue weighted by atomic mass is 10.1. The number of anilines is 1. The highest BCUT2D eigenvalue weighted by Crippen LogP contribution is 2.28. The van der Waals surface area contributed by atoms with Crippen LogP contribution in [-0.2, 0) is 11.3 Å². The van der Waals surface area contributed by atoms with E-state index in [0.717, 1.165) is 10.3 Å². The predicted molar refractivity (Wildman–Crippen MR) is 114 cm³/mol. The lowest BCUT2D eigenvalue weighted by molar-refractivity contribution is -0.117. The van der Waals surface area contributed by atoms with E-state index in [1.165, 1.54) is 16.0 Å². The Morgan fingerprint density at radius 3 is 2.54 bits per heavy atom. The highest BCUT2D eigenvalue weighted by molar-refractivity contribution is 7.13. The highest BCUT2D eigenvalue weighted by Gasteiger charge is 2.15. The van der Waals surface area contributed by atoms with Gasteiger partial charge in [-0.25, -0.2) is 4.68 Å². The van der Waals surface area contributed by atoms with Crippen LogP contribution in [0, 0.1) is 0 Å². The Morgan fingerprint density at radius 1 is 1.04 bits per heavy atom. The van der Waals surface area contributed by atoms with Crippen molar-refractivity contribution in [3.05, 3.63) is 80.4 Å². The number of carbonyl (C=O) groups excluding carboxylic acids is 1. The zero-order valence-corrected chi connectivity index (χ0v) is 16.7. The first-order chi connectivity index (χ1) is 13.5. The smallest absolute Gasteiger partial charge is 0.275 e. The lowest BCUT2D eigenvalue weighted by Gasteiger charge is -2.11. The highest BCUT2D eigenvalue weighted by atomic mass is 35.5. The molecule has 0 spiro atoms. The minimum absolute atomic E-state index is 0.220. The van der Waals surface area contributed by atoms with Gasteiger partial charge >= 0.3 is 0 Å². The summed E-state index contributed by atoms with van der Waals surface area (Å²) in [4.78, 5) is 26.2. The number of thiophene rings is 1. The molecule has 28 heavy (non-hydrogen) atoms. The number of nitrogens with one attached hydrogen (secondary N) is 1. The van der Waals surface area contributed by atoms with E-state index >= 15 is 0 Å². The molecule has 0 fully saturated rings. The van der Waals surface area contributed by atoms with Gasteiger partial charge in [-0.2, -0.15) is 5.10 Å². The average Bonchev–Trinajstić information content (AvgIpc) is 3.21. The van der Waals surface area contributed by atoms with Crippen molar-refractivity contribution in [3.63, 3.8) is 0 Å². The molecule has 0 unspecified atom stereocenters. The molecule has 5 nitrogen and oxygen atoms in total. The first kappa shape index (κ1) is 18.7. The van der Waals surface area contributed by atoms with E-state index in [-0.39, 0.29) is 18.0 Å². The van der Waals surface area contributed by atoms with Gasteiger partial charge in [-0.1, -0.05) is 47.5 Å². The van der Waals surface area contributed by atoms with Crippen LogP contribution in [0.5, 0.6) is 0 Å². The van der Waals surface area contributed by atoms with E-state index in [1.807, 2.05) is 29.6 Å². The molecule has 0 bridgehead atoms. The summed E-state index contributed by atoms with van der Waals surface area (Å²) in [6.07, 6.45) is 0. The lowest BCUT2D eigenvalue weighted by Crippen LogP contribution is -2.30. The summed E-state index contributed by atoms with van der Waals surface area (Å²) >= 11 is 13.4. The van der Waals surface area contributed by atoms with Crippen LogP contribution < -0.4 is 10.9 Å². The van der Waals surface area contributed by atoms with E-state index < -0.39 is 0 Å². The SMILES string of the molecule is O=C(Cn1nc(-c2cccs2)c2ccccc2c1=O)Nc1ccc(Cl)c(Cl)c1. The first-order valence-electron chi connectivity index (χ1n) is 8.31. The number of carbonyl (C=O) groups is 1. The van der Waals surface area contributed by atoms with Crippen molar-refractivity contribution in [3.8, 4) is 10.6 Å². The third kappa shape index (κ3) is 3.67. The maximum atomic E-state index is 12.8. The number of halogens is 2. The van der Waals surface area contributed by atoms with Crippen LogP contribution in [0.25, 0.3) is 21.3 Å². The molecule has 1 N–H and O–H groups in total. The molecule has 2 aromatic carbocycles. The Kier molecular flexibility index (Phi) is 5.17. The van der Waals surface area contributed by atoms with Crippen LogP contribution in [-0.4, -0.2) is 15.7 Å². The number of fused-ring (bicyclic) bond motifs is 1. The number of benzene rings is 2. The molecule has 8 heteroatoms. The van der Waals surface area contributed by atoms with Gasteiger partial charge < -0.3 is 5.32 Å². The largest absolute Gasteiger partial charge is 0.324 e. The molecule has 0 aliphatic carbocycles. The maximum absolute atomic E-state index is 12.8. The fourth-order valence-electron chi connectivity index (χ4n) is 2.85. The van der Waals surface area contributed by atoms with Crippen LogP contribution in [0.1, 0.15) is 0 Å². The summed E-state index contributed by atoms with van der Waals surface area (Å²) in [5, 5.41) is 11.1. The van der Waals surface area contributed by atoms with Crippen molar-refractivity contribution < 1.29 is 4.79 Å². The summed E-state index contributed by atoms with van der Waals surface area (Å²) in [6, 6.07) is 15.9. The van der Waals surface area contributed by atoms with Crippen LogP contribution in [0.3, 0.4) is 0 Å². The summed E-state index contributed by atoms with van der Waals surface area (Å²) in [5.41, 5.74) is 0.847. The van der Waals surface area contributed by atoms with Gasteiger partial charge in [0.05, 0.1) is 20.3 Å². The number of aromatic nitrogens is 2. The molecule has 0 aliphatic rings. The molecule has 0 saturated heterocycles. The topological polar surface area (TPSA) is 64.0 Å². The summed E-state index contributed by atoms with van der Waals surface area (Å²) < 4.78 is 1.18. The Balaban J connectivity index is 1.70. The van der Waals surface area contributed by atoms with Gasteiger partial charge in [0, 0.05) is 11.1 Å². The van der Waals surface area contributed by atoms with Crippen LogP contribution in [0.4, 0.5) is 5.69 Å². The summed E-state index contributed by atoms with van der Waals surface area (Å²) in [7, 11) is 0. The zero-order chi connectivity index (χ0) is 19.7. The van der Waals surface area contributed by atoms with Gasteiger partial charge in [0.25, 0.3) is 5.56 Å². The van der Waals surface area contributed by atoms with Crippen molar-refractivity contribution >= 4 is 56.9 Å². The fraction of sp³-hybridized carbons (Fsp3) is 0.0500. The molecule has 0 saturated carbocycles. The van der Waals surface area contributed by atoms with Crippen LogP contribution in [0.2, 0.25) is 10.0 Å². The second-order valence-corrected chi connectivity index (χ2v) is 7.77. The second kappa shape index (κ2) is 7.75. The van der Waals surface area contributed by atoms with Gasteiger partial charge in [0.15, 0.2) is 0 Å². The molecule has 4 aromatic rings. The molecule has 0 atom stereocenters. The summed E-state index contributed by atoms with van der Waals surface area (Å²) in [5.74, 6) is -0.389. The van der Waals surface area contributed by atoms with Crippen molar-refractivity contribution in [2.75, 3.05) is 5.32 Å². The Bertz CT molecular complexity index is 1240. The molecule has 0 radical (unpaired) electrons. The van der Waals surface area contributed by atoms with E-state index in [1.54, 1.807) is 30.3 Å². The predicted octanol–water partition coefficient (Wildman–Crippen LogP) is 5.07. The van der Waals surface area contributed by atoms with Gasteiger partial charge in [0.1, 0.15) is 12.2 Å². The Labute approximate surface area is 174 Å². The fourth-order valence-corrected chi connectivity index (χ4v) is 3.87. The monoisotopic (exact) mass is 429 g/mol. The number of rotatable bonds is 4. The number of nitrogens with zero attached hydrogens (tertiary/aromatic N) is 2. The van der Waals surface area contributed by atoms with Crippen molar-refractivity contribution in [2.45, 2.75) is 6.54 Å². The van der Waals surface area contributed by atoms with Crippen LogP contribution >= 0.6 is 34.5 Å². The van der Waals surface area contributed by atoms with Crippen molar-refractivity contribution in [2.24, 2.45) is 0 Å². The van der Waals surface area contributed by atoms with Crippen LogP contribution in [0.15, 0.2) is 64.8 Å². The first-order valence-corrected chi connectivity index (χ1v) is 9.95. The molecule has 2 heterocycles. The van der Waals surface area contributed by atoms with Gasteiger partial charge in [0.2, 0.25) is 5.91 Å². The minimum atomic E-state index is -0.389. The van der Waals surface area contributed by atoms with E-state index in [2.05, 4.69) is 10.4 Å². The zero-order valence-electron chi connectivity index (χ0n) is 14.4. The van der Waals surface area contributed by atoms with Crippen molar-refractivity contribution in [1.82, 2.24) is 9.78 Å². The molecular formula is C20H13Cl2N3O2S. The molecule has 0 aliphatic heterocycles. The van der Waals surface area contributed by atoms with E-state index in [9.17, 15) is 9.59 Å². The Hall–Kier alpha value is -2.67. The standard InChI is InChI=1S/C20H13Cl2N3O2S/c21-15-8-7-12(10-16(15)22)23-18(26)11-25-20(27)14-5-2-1-4-13(14)19(24-25)17-6-3-9-28-17/h1-10H,11H2,(H,23,26). The Morgan fingerprint density at radius 2 is 1.82 bits per heavy atom.